The molecule has 4 rings (SSSR count). The smallest absolute Gasteiger partial charge is 0.412 e. The lowest BCUT2D eigenvalue weighted by atomic mass is 10.0. The average Bonchev–Trinajstić information content (AvgIpc) is 3.29. The number of rotatable bonds is 9. The number of phenols is 1. The number of benzene rings is 3. The Morgan fingerprint density at radius 1 is 1.02 bits per heavy atom. The van der Waals surface area contributed by atoms with Gasteiger partial charge in [-0.1, -0.05) is 47.6 Å². The first kappa shape index (κ1) is 27.8. The molecule has 4 aromatic rings. The monoisotopic (exact) mass is 547 g/mol. The summed E-state index contributed by atoms with van der Waals surface area (Å²) in [5.41, 5.74) is 2.14. The molecule has 10 nitrogen and oxygen atoms in total. The van der Waals surface area contributed by atoms with Crippen LogP contribution in [-0.2, 0) is 16.0 Å². The standard InChI is InChI=1S/C29H26FN3O7/c1-16-25(32-29(38)39-17(2)22-5-3-4-6-23(22)30)26(40-33-16)19-9-11-20(12-10-19)27(35)31-24(28(36)37)15-18-7-13-21(34)14-8-18/h3-14,17,24,34H,15H2,1-2H3,(H,31,35)(H,32,38)(H,36,37). The molecule has 0 saturated carbocycles. The number of nitrogens with one attached hydrogen (secondary N) is 2. The van der Waals surface area contributed by atoms with Crippen molar-refractivity contribution >= 4 is 23.7 Å². The summed E-state index contributed by atoms with van der Waals surface area (Å²) in [7, 11) is 0. The molecule has 0 radical (unpaired) electrons. The number of halogens is 1. The molecular formula is C29H26FN3O7. The molecule has 4 N–H and O–H groups in total. The Kier molecular flexibility index (Phi) is 8.43. The van der Waals surface area contributed by atoms with Gasteiger partial charge >= 0.3 is 12.1 Å². The summed E-state index contributed by atoms with van der Waals surface area (Å²) in [4.78, 5) is 37.0. The summed E-state index contributed by atoms with van der Waals surface area (Å²) < 4.78 is 24.7. The predicted octanol–water partition coefficient (Wildman–Crippen LogP) is 5.23. The quantitative estimate of drug-likeness (QED) is 0.222. The number of carbonyl (C=O) groups excluding carboxylic acids is 2. The number of carboxylic acid groups (broad SMARTS) is 1. The zero-order valence-electron chi connectivity index (χ0n) is 21.6. The van der Waals surface area contributed by atoms with Crippen molar-refractivity contribution in [2.75, 3.05) is 5.32 Å². The van der Waals surface area contributed by atoms with Crippen LogP contribution in [0.4, 0.5) is 14.9 Å². The van der Waals surface area contributed by atoms with Crippen molar-refractivity contribution in [2.45, 2.75) is 32.4 Å². The van der Waals surface area contributed by atoms with Gasteiger partial charge in [0.15, 0.2) is 5.76 Å². The zero-order valence-corrected chi connectivity index (χ0v) is 21.6. The van der Waals surface area contributed by atoms with Crippen LogP contribution >= 0.6 is 0 Å². The van der Waals surface area contributed by atoms with Gasteiger partial charge in [-0.2, -0.15) is 0 Å². The summed E-state index contributed by atoms with van der Waals surface area (Å²) in [5.74, 6) is -2.05. The number of carbonyl (C=O) groups is 3. The Morgan fingerprint density at radius 3 is 2.35 bits per heavy atom. The van der Waals surface area contributed by atoms with E-state index in [0.717, 1.165) is 0 Å². The number of anilines is 1. The third kappa shape index (κ3) is 6.62. The van der Waals surface area contributed by atoms with Gasteiger partial charge in [0, 0.05) is 23.1 Å². The van der Waals surface area contributed by atoms with Crippen LogP contribution in [0.5, 0.6) is 5.75 Å². The second-order valence-electron chi connectivity index (χ2n) is 8.98. The van der Waals surface area contributed by atoms with E-state index in [1.54, 1.807) is 44.2 Å². The molecule has 0 aliphatic rings. The fourth-order valence-corrected chi connectivity index (χ4v) is 3.96. The number of aromatic hydroxyl groups is 1. The average molecular weight is 548 g/mol. The Hall–Kier alpha value is -5.19. The van der Waals surface area contributed by atoms with Crippen LogP contribution in [0.1, 0.15) is 40.2 Å². The molecule has 1 heterocycles. The molecule has 40 heavy (non-hydrogen) atoms. The molecule has 0 spiro atoms. The molecule has 0 fully saturated rings. The first-order valence-corrected chi connectivity index (χ1v) is 12.2. The van der Waals surface area contributed by atoms with E-state index in [9.17, 15) is 29.0 Å². The summed E-state index contributed by atoms with van der Waals surface area (Å²) in [5, 5.41) is 27.9. The second kappa shape index (κ2) is 12.1. The van der Waals surface area contributed by atoms with Crippen molar-refractivity contribution in [2.24, 2.45) is 0 Å². The van der Waals surface area contributed by atoms with E-state index in [1.807, 2.05) is 0 Å². The van der Waals surface area contributed by atoms with Gasteiger partial charge in [-0.25, -0.2) is 14.0 Å². The third-order valence-electron chi connectivity index (χ3n) is 6.11. The molecule has 1 aromatic heterocycles. The molecule has 3 aromatic carbocycles. The number of nitrogens with zero attached hydrogens (tertiary/aromatic N) is 1. The van der Waals surface area contributed by atoms with Crippen LogP contribution in [0.25, 0.3) is 11.3 Å². The van der Waals surface area contributed by atoms with E-state index in [-0.39, 0.29) is 34.7 Å². The highest BCUT2D eigenvalue weighted by molar-refractivity contribution is 5.97. The van der Waals surface area contributed by atoms with Gasteiger partial charge in [-0.3, -0.25) is 10.1 Å². The number of hydrogen-bond acceptors (Lipinski definition) is 7. The summed E-state index contributed by atoms with van der Waals surface area (Å²) in [6, 6.07) is 16.9. The van der Waals surface area contributed by atoms with E-state index in [1.165, 1.54) is 42.5 Å². The minimum absolute atomic E-state index is 0.0252. The molecule has 0 saturated heterocycles. The summed E-state index contributed by atoms with van der Waals surface area (Å²) in [6.45, 7) is 3.16. The number of hydrogen-bond donors (Lipinski definition) is 4. The number of carboxylic acids is 1. The molecule has 206 valence electrons. The maximum atomic E-state index is 14.0. The number of aliphatic carboxylic acids is 1. The number of aromatic nitrogens is 1. The molecule has 2 amide bonds. The normalized spacial score (nSPS) is 12.3. The van der Waals surface area contributed by atoms with Crippen molar-refractivity contribution < 1.29 is 38.2 Å². The minimum atomic E-state index is -1.21. The highest BCUT2D eigenvalue weighted by Crippen LogP contribution is 2.32. The van der Waals surface area contributed by atoms with Crippen molar-refractivity contribution in [3.05, 3.63) is 101 Å². The first-order chi connectivity index (χ1) is 19.1. The summed E-state index contributed by atoms with van der Waals surface area (Å²) in [6.07, 6.45) is -1.67. The van der Waals surface area contributed by atoms with E-state index in [0.29, 0.717) is 16.8 Å². The fraction of sp³-hybridized carbons (Fsp3) is 0.172. The number of aryl methyl sites for hydroxylation is 1. The van der Waals surface area contributed by atoms with Gasteiger partial charge < -0.3 is 24.8 Å². The van der Waals surface area contributed by atoms with Crippen LogP contribution in [-0.4, -0.2) is 39.4 Å². The Morgan fingerprint density at radius 2 is 1.70 bits per heavy atom. The van der Waals surface area contributed by atoms with Crippen LogP contribution in [0.15, 0.2) is 77.3 Å². The topological polar surface area (TPSA) is 151 Å². The molecular weight excluding hydrogens is 521 g/mol. The van der Waals surface area contributed by atoms with Gasteiger partial charge in [0.1, 0.15) is 35.1 Å². The van der Waals surface area contributed by atoms with E-state index in [2.05, 4.69) is 15.8 Å². The fourth-order valence-electron chi connectivity index (χ4n) is 3.96. The predicted molar refractivity (Wildman–Crippen MR) is 142 cm³/mol. The Balaban J connectivity index is 1.43. The lowest BCUT2D eigenvalue weighted by Gasteiger charge is -2.15. The second-order valence-corrected chi connectivity index (χ2v) is 8.98. The third-order valence-corrected chi connectivity index (χ3v) is 6.11. The van der Waals surface area contributed by atoms with Gasteiger partial charge in [0.25, 0.3) is 5.91 Å². The highest BCUT2D eigenvalue weighted by atomic mass is 19.1. The Labute approximate surface area is 228 Å². The van der Waals surface area contributed by atoms with Gasteiger partial charge in [-0.15, -0.1) is 0 Å². The molecule has 2 unspecified atom stereocenters. The molecule has 11 heteroatoms. The van der Waals surface area contributed by atoms with Gasteiger partial charge in [-0.05, 0) is 49.7 Å². The van der Waals surface area contributed by atoms with Crippen molar-refractivity contribution in [1.29, 1.82) is 0 Å². The lowest BCUT2D eigenvalue weighted by Crippen LogP contribution is -2.42. The first-order valence-electron chi connectivity index (χ1n) is 12.2. The lowest BCUT2D eigenvalue weighted by molar-refractivity contribution is -0.139. The van der Waals surface area contributed by atoms with Crippen molar-refractivity contribution in [3.8, 4) is 17.1 Å². The van der Waals surface area contributed by atoms with Crippen LogP contribution in [0.3, 0.4) is 0 Å². The Bertz CT molecular complexity index is 1520. The van der Waals surface area contributed by atoms with Crippen LogP contribution in [0.2, 0.25) is 0 Å². The van der Waals surface area contributed by atoms with E-state index >= 15 is 0 Å². The SMILES string of the molecule is Cc1noc(-c2ccc(C(=O)NC(Cc3ccc(O)cc3)C(=O)O)cc2)c1NC(=O)OC(C)c1ccccc1F. The highest BCUT2D eigenvalue weighted by Gasteiger charge is 2.23. The van der Waals surface area contributed by atoms with Gasteiger partial charge in [0.2, 0.25) is 0 Å². The maximum Gasteiger partial charge on any atom is 0.412 e. The number of ether oxygens (including phenoxy) is 1. The van der Waals surface area contributed by atoms with E-state index < -0.39 is 35.9 Å². The summed E-state index contributed by atoms with van der Waals surface area (Å²) >= 11 is 0. The minimum Gasteiger partial charge on any atom is -0.508 e. The largest absolute Gasteiger partial charge is 0.508 e. The number of amides is 2. The van der Waals surface area contributed by atoms with Crippen LogP contribution in [0, 0.1) is 12.7 Å². The zero-order chi connectivity index (χ0) is 28.8. The van der Waals surface area contributed by atoms with Crippen molar-refractivity contribution in [1.82, 2.24) is 10.5 Å². The van der Waals surface area contributed by atoms with Crippen LogP contribution < -0.4 is 10.6 Å². The molecule has 0 aliphatic carbocycles. The molecule has 2 atom stereocenters. The van der Waals surface area contributed by atoms with E-state index in [4.69, 9.17) is 9.26 Å². The molecule has 0 bridgehead atoms. The number of phenolic OH excluding ortho intramolecular Hbond substituents is 1. The molecule has 0 aliphatic heterocycles. The van der Waals surface area contributed by atoms with Crippen molar-refractivity contribution in [3.63, 3.8) is 0 Å². The van der Waals surface area contributed by atoms with Gasteiger partial charge in [0.05, 0.1) is 0 Å². The maximum absolute atomic E-state index is 14.0.